The molecule has 0 fully saturated rings. The van der Waals surface area contributed by atoms with Crippen LogP contribution in [-0.4, -0.2) is 30.9 Å². The van der Waals surface area contributed by atoms with Crippen LogP contribution in [0.2, 0.25) is 0 Å². The van der Waals surface area contributed by atoms with Gasteiger partial charge < -0.3 is 5.73 Å². The lowest BCUT2D eigenvalue weighted by Crippen LogP contribution is -2.26. The number of rotatable bonds is 6. The summed E-state index contributed by atoms with van der Waals surface area (Å²) in [5, 5.41) is 3.76. The zero-order valence-corrected chi connectivity index (χ0v) is 11.1. The molecule has 0 spiro atoms. The molecule has 0 unspecified atom stereocenters. The maximum Gasteiger partial charge on any atom is 0.389 e. The van der Waals surface area contributed by atoms with Gasteiger partial charge in [0, 0.05) is 25.7 Å². The van der Waals surface area contributed by atoms with Gasteiger partial charge in [0.05, 0.1) is 0 Å². The first kappa shape index (κ1) is 15.8. The third-order valence-electron chi connectivity index (χ3n) is 2.30. The number of alkyl halides is 3. The fraction of sp³-hybridized carbons (Fsp3) is 0.667. The molecule has 1 heterocycles. The fourth-order valence-corrected chi connectivity index (χ4v) is 2.51. The number of hydrogen-bond donors (Lipinski definition) is 2. The van der Waals surface area contributed by atoms with Crippen molar-refractivity contribution in [2.45, 2.75) is 37.4 Å². The minimum atomic E-state index is -4.29. The van der Waals surface area contributed by atoms with Gasteiger partial charge >= 0.3 is 6.18 Å². The second kappa shape index (κ2) is 5.78. The molecule has 0 atom stereocenters. The number of nitrogens with two attached hydrogens (primary N) is 1. The Labute approximate surface area is 108 Å². The molecule has 0 radical (unpaired) electrons. The van der Waals surface area contributed by atoms with Gasteiger partial charge in [0.2, 0.25) is 10.0 Å². The van der Waals surface area contributed by atoms with Crippen molar-refractivity contribution >= 4 is 15.8 Å². The van der Waals surface area contributed by atoms with Crippen LogP contribution in [0.3, 0.4) is 0 Å². The molecular formula is C9H15F3N4O2S. The molecule has 0 aliphatic heterocycles. The van der Waals surface area contributed by atoms with E-state index < -0.39 is 22.6 Å². The van der Waals surface area contributed by atoms with Crippen molar-refractivity contribution in [3.05, 3.63) is 6.20 Å². The van der Waals surface area contributed by atoms with Crippen molar-refractivity contribution in [2.24, 2.45) is 0 Å². The van der Waals surface area contributed by atoms with Crippen LogP contribution >= 0.6 is 0 Å². The molecule has 0 amide bonds. The second-order valence-corrected chi connectivity index (χ2v) is 5.59. The third kappa shape index (κ3) is 4.71. The molecule has 0 aliphatic carbocycles. The summed E-state index contributed by atoms with van der Waals surface area (Å²) in [6.45, 7) is 1.88. The predicted molar refractivity (Wildman–Crippen MR) is 62.8 cm³/mol. The lowest BCUT2D eigenvalue weighted by Gasteiger charge is -2.07. The summed E-state index contributed by atoms with van der Waals surface area (Å²) in [4.78, 5) is -0.221. The number of hydrogen-bond acceptors (Lipinski definition) is 4. The van der Waals surface area contributed by atoms with E-state index in [0.717, 1.165) is 0 Å². The monoisotopic (exact) mass is 300 g/mol. The van der Waals surface area contributed by atoms with E-state index in [1.165, 1.54) is 10.9 Å². The molecule has 0 saturated carbocycles. The number of sulfonamides is 1. The van der Waals surface area contributed by atoms with Crippen molar-refractivity contribution in [3.8, 4) is 0 Å². The first-order valence-electron chi connectivity index (χ1n) is 5.55. The van der Waals surface area contributed by atoms with E-state index >= 15 is 0 Å². The Morgan fingerprint density at radius 1 is 1.47 bits per heavy atom. The molecule has 0 aliphatic rings. The van der Waals surface area contributed by atoms with Crippen LogP contribution in [-0.2, 0) is 16.6 Å². The summed E-state index contributed by atoms with van der Waals surface area (Å²) in [5.74, 6) is -0.176. The highest BCUT2D eigenvalue weighted by Gasteiger charge is 2.27. The van der Waals surface area contributed by atoms with E-state index in [2.05, 4.69) is 9.82 Å². The average molecular weight is 300 g/mol. The summed E-state index contributed by atoms with van der Waals surface area (Å²) in [7, 11) is -3.92. The van der Waals surface area contributed by atoms with Crippen LogP contribution in [0.1, 0.15) is 19.8 Å². The molecule has 6 nitrogen and oxygen atoms in total. The first-order valence-corrected chi connectivity index (χ1v) is 7.03. The van der Waals surface area contributed by atoms with E-state index in [0.29, 0.717) is 6.54 Å². The van der Waals surface area contributed by atoms with Gasteiger partial charge in [-0.3, -0.25) is 4.68 Å². The Bertz CT molecular complexity index is 524. The topological polar surface area (TPSA) is 90.0 Å². The van der Waals surface area contributed by atoms with Crippen molar-refractivity contribution in [1.82, 2.24) is 14.5 Å². The SMILES string of the molecule is CCn1cc(S(=O)(=O)NCCCC(F)(F)F)c(N)n1. The number of nitrogen functional groups attached to an aromatic ring is 1. The summed E-state index contributed by atoms with van der Waals surface area (Å²) < 4.78 is 62.7. The van der Waals surface area contributed by atoms with Crippen LogP contribution in [0.5, 0.6) is 0 Å². The lowest BCUT2D eigenvalue weighted by molar-refractivity contribution is -0.135. The minimum absolute atomic E-state index is 0.176. The first-order chi connectivity index (χ1) is 8.65. The number of nitrogens with one attached hydrogen (secondary N) is 1. The van der Waals surface area contributed by atoms with Crippen LogP contribution in [0, 0.1) is 0 Å². The lowest BCUT2D eigenvalue weighted by atomic mass is 10.3. The molecule has 110 valence electrons. The fourth-order valence-electron chi connectivity index (χ4n) is 1.36. The van der Waals surface area contributed by atoms with Gasteiger partial charge in [-0.2, -0.15) is 18.3 Å². The smallest absolute Gasteiger partial charge is 0.381 e. The molecule has 1 rings (SSSR count). The normalized spacial score (nSPS) is 12.8. The van der Waals surface area contributed by atoms with Crippen LogP contribution in [0.15, 0.2) is 11.1 Å². The highest BCUT2D eigenvalue weighted by Crippen LogP contribution is 2.21. The number of aryl methyl sites for hydroxylation is 1. The standard InChI is InChI=1S/C9H15F3N4O2S/c1-2-16-6-7(8(13)15-16)19(17,18)14-5-3-4-9(10,11)12/h6,14H,2-5H2,1H3,(H2,13,15). The van der Waals surface area contributed by atoms with E-state index in [1.54, 1.807) is 6.92 Å². The van der Waals surface area contributed by atoms with Crippen LogP contribution in [0.25, 0.3) is 0 Å². The van der Waals surface area contributed by atoms with E-state index in [4.69, 9.17) is 5.73 Å². The van der Waals surface area contributed by atoms with E-state index in [-0.39, 0.29) is 23.7 Å². The van der Waals surface area contributed by atoms with Crippen molar-refractivity contribution in [3.63, 3.8) is 0 Å². The number of aromatic nitrogens is 2. The number of halogens is 3. The van der Waals surface area contributed by atoms with Gasteiger partial charge in [0.1, 0.15) is 4.90 Å². The molecule has 1 aromatic heterocycles. The Morgan fingerprint density at radius 3 is 2.58 bits per heavy atom. The average Bonchev–Trinajstić information content (AvgIpc) is 2.66. The van der Waals surface area contributed by atoms with Crippen molar-refractivity contribution in [2.75, 3.05) is 12.3 Å². The number of nitrogens with zero attached hydrogens (tertiary/aromatic N) is 2. The second-order valence-electron chi connectivity index (χ2n) is 3.85. The molecule has 1 aromatic rings. The largest absolute Gasteiger partial charge is 0.389 e. The Balaban J connectivity index is 2.63. The molecule has 19 heavy (non-hydrogen) atoms. The summed E-state index contributed by atoms with van der Waals surface area (Å²) >= 11 is 0. The summed E-state index contributed by atoms with van der Waals surface area (Å²) in [6, 6.07) is 0. The quantitative estimate of drug-likeness (QED) is 0.770. The van der Waals surface area contributed by atoms with E-state index in [1.807, 2.05) is 0 Å². The maximum absolute atomic E-state index is 11.9. The maximum atomic E-state index is 11.9. The van der Waals surface area contributed by atoms with Gasteiger partial charge in [-0.25, -0.2) is 13.1 Å². The van der Waals surface area contributed by atoms with Gasteiger partial charge in [-0.05, 0) is 13.3 Å². The zero-order chi connectivity index (χ0) is 14.7. The summed E-state index contributed by atoms with van der Waals surface area (Å²) in [5.41, 5.74) is 5.45. The Hall–Kier alpha value is -1.29. The Kier molecular flexibility index (Phi) is 4.80. The molecule has 0 bridgehead atoms. The van der Waals surface area contributed by atoms with Crippen molar-refractivity contribution < 1.29 is 21.6 Å². The molecule has 3 N–H and O–H groups in total. The highest BCUT2D eigenvalue weighted by molar-refractivity contribution is 7.89. The predicted octanol–water partition coefficient (Wildman–Crippen LogP) is 1.11. The number of anilines is 1. The third-order valence-corrected chi connectivity index (χ3v) is 3.78. The molecule has 10 heteroatoms. The van der Waals surface area contributed by atoms with Gasteiger partial charge in [-0.1, -0.05) is 0 Å². The summed E-state index contributed by atoms with van der Waals surface area (Å²) in [6.07, 6.45) is -4.43. The zero-order valence-electron chi connectivity index (χ0n) is 10.2. The van der Waals surface area contributed by atoms with Gasteiger partial charge in [0.15, 0.2) is 5.82 Å². The van der Waals surface area contributed by atoms with Crippen LogP contribution in [0.4, 0.5) is 19.0 Å². The van der Waals surface area contributed by atoms with Crippen molar-refractivity contribution in [1.29, 1.82) is 0 Å². The van der Waals surface area contributed by atoms with Crippen LogP contribution < -0.4 is 10.5 Å². The molecular weight excluding hydrogens is 285 g/mol. The Morgan fingerprint density at radius 2 is 2.11 bits per heavy atom. The highest BCUT2D eigenvalue weighted by atomic mass is 32.2. The molecule has 0 aromatic carbocycles. The molecule has 0 saturated heterocycles. The van der Waals surface area contributed by atoms with E-state index in [9.17, 15) is 21.6 Å². The van der Waals surface area contributed by atoms with Gasteiger partial charge in [-0.15, -0.1) is 0 Å². The minimum Gasteiger partial charge on any atom is -0.381 e. The van der Waals surface area contributed by atoms with Gasteiger partial charge in [0.25, 0.3) is 0 Å².